The number of esters is 1. The number of amides is 1. The van der Waals surface area contributed by atoms with Gasteiger partial charge in [-0.05, 0) is 38.5 Å². The summed E-state index contributed by atoms with van der Waals surface area (Å²) in [5, 5.41) is 0. The summed E-state index contributed by atoms with van der Waals surface area (Å²) in [6, 6.07) is 0. The molecule has 0 spiro atoms. The fraction of sp³-hybridized carbons (Fsp3) is 0.846. The minimum absolute atomic E-state index is 0.0437. The van der Waals surface area contributed by atoms with Crippen molar-refractivity contribution in [3.63, 3.8) is 0 Å². The standard InChI is InChI=1S/C13H21NO3/c1-10(15)17-12-6-4-5-11(9-12)13(16)14-7-2-3-8-14/h11-12H,2-9H2,1H3/t11-,12+/m1/s1. The second kappa shape index (κ2) is 5.52. The quantitative estimate of drug-likeness (QED) is 0.689. The average molecular weight is 239 g/mol. The van der Waals surface area contributed by atoms with E-state index in [-0.39, 0.29) is 23.9 Å². The third kappa shape index (κ3) is 3.20. The van der Waals surface area contributed by atoms with Crippen molar-refractivity contribution in [2.45, 2.75) is 51.6 Å². The molecule has 1 amide bonds. The molecule has 0 bridgehead atoms. The normalized spacial score (nSPS) is 29.1. The van der Waals surface area contributed by atoms with Gasteiger partial charge in [-0.25, -0.2) is 0 Å². The topological polar surface area (TPSA) is 46.6 Å². The molecule has 0 aromatic carbocycles. The number of carbonyl (C=O) groups is 2. The Morgan fingerprint density at radius 1 is 1.12 bits per heavy atom. The van der Waals surface area contributed by atoms with E-state index in [9.17, 15) is 9.59 Å². The maximum atomic E-state index is 12.2. The van der Waals surface area contributed by atoms with E-state index in [4.69, 9.17) is 4.74 Å². The summed E-state index contributed by atoms with van der Waals surface area (Å²) in [5.74, 6) is 0.120. The molecule has 4 heteroatoms. The van der Waals surface area contributed by atoms with Crippen molar-refractivity contribution in [3.05, 3.63) is 0 Å². The molecule has 1 saturated carbocycles. The predicted molar refractivity (Wildman–Crippen MR) is 63.3 cm³/mol. The molecular weight excluding hydrogens is 218 g/mol. The van der Waals surface area contributed by atoms with Crippen LogP contribution in [0.1, 0.15) is 45.4 Å². The van der Waals surface area contributed by atoms with Crippen LogP contribution >= 0.6 is 0 Å². The SMILES string of the molecule is CC(=O)O[C@H]1CCC[C@@H](C(=O)N2CCCC2)C1. The molecule has 0 aromatic heterocycles. The molecule has 0 unspecified atom stereocenters. The highest BCUT2D eigenvalue weighted by molar-refractivity contribution is 5.79. The minimum Gasteiger partial charge on any atom is -0.463 e. The molecule has 1 aliphatic carbocycles. The van der Waals surface area contributed by atoms with Crippen molar-refractivity contribution in [2.75, 3.05) is 13.1 Å². The second-order valence-corrected chi connectivity index (χ2v) is 5.13. The van der Waals surface area contributed by atoms with Crippen molar-refractivity contribution in [2.24, 2.45) is 5.92 Å². The van der Waals surface area contributed by atoms with Gasteiger partial charge < -0.3 is 9.64 Å². The van der Waals surface area contributed by atoms with Crippen molar-refractivity contribution in [1.82, 2.24) is 4.90 Å². The van der Waals surface area contributed by atoms with E-state index in [1.165, 1.54) is 6.92 Å². The first-order valence-electron chi connectivity index (χ1n) is 6.63. The molecule has 2 atom stereocenters. The number of carbonyl (C=O) groups excluding carboxylic acids is 2. The van der Waals surface area contributed by atoms with E-state index in [1.54, 1.807) is 0 Å². The summed E-state index contributed by atoms with van der Waals surface area (Å²) in [7, 11) is 0. The van der Waals surface area contributed by atoms with Crippen LogP contribution < -0.4 is 0 Å². The Bertz CT molecular complexity index is 297. The van der Waals surface area contributed by atoms with Crippen molar-refractivity contribution in [3.8, 4) is 0 Å². The Morgan fingerprint density at radius 2 is 1.82 bits per heavy atom. The lowest BCUT2D eigenvalue weighted by Gasteiger charge is -2.30. The van der Waals surface area contributed by atoms with Gasteiger partial charge in [0.15, 0.2) is 0 Å². The van der Waals surface area contributed by atoms with Gasteiger partial charge in [0.05, 0.1) is 0 Å². The molecule has 1 aliphatic heterocycles. The van der Waals surface area contributed by atoms with Crippen LogP contribution in [0.2, 0.25) is 0 Å². The van der Waals surface area contributed by atoms with Crippen LogP contribution in [0.25, 0.3) is 0 Å². The van der Waals surface area contributed by atoms with Crippen molar-refractivity contribution in [1.29, 1.82) is 0 Å². The van der Waals surface area contributed by atoms with Gasteiger partial charge in [0.2, 0.25) is 5.91 Å². The molecule has 2 aliphatic rings. The molecule has 1 heterocycles. The minimum atomic E-state index is -0.232. The Kier molecular flexibility index (Phi) is 4.02. The fourth-order valence-corrected chi connectivity index (χ4v) is 2.91. The van der Waals surface area contributed by atoms with Gasteiger partial charge in [-0.2, -0.15) is 0 Å². The van der Waals surface area contributed by atoms with Crippen LogP contribution in [0, 0.1) is 5.92 Å². The van der Waals surface area contributed by atoms with Crippen molar-refractivity contribution >= 4 is 11.9 Å². The molecule has 2 rings (SSSR count). The lowest BCUT2D eigenvalue weighted by molar-refractivity contribution is -0.151. The summed E-state index contributed by atoms with van der Waals surface area (Å²) in [5.41, 5.74) is 0. The van der Waals surface area contributed by atoms with E-state index in [0.29, 0.717) is 0 Å². The van der Waals surface area contributed by atoms with Crippen molar-refractivity contribution < 1.29 is 14.3 Å². The van der Waals surface area contributed by atoms with Gasteiger partial charge in [0.1, 0.15) is 6.10 Å². The highest BCUT2D eigenvalue weighted by Gasteiger charge is 2.32. The fourth-order valence-electron chi connectivity index (χ4n) is 2.91. The molecule has 0 aromatic rings. The smallest absolute Gasteiger partial charge is 0.302 e. The highest BCUT2D eigenvalue weighted by atomic mass is 16.5. The first-order valence-corrected chi connectivity index (χ1v) is 6.63. The third-order valence-corrected chi connectivity index (χ3v) is 3.73. The summed E-state index contributed by atoms with van der Waals surface area (Å²) in [6.07, 6.45) is 5.78. The number of hydrogen-bond acceptors (Lipinski definition) is 3. The van der Waals surface area contributed by atoms with Gasteiger partial charge in [-0.1, -0.05) is 0 Å². The molecule has 0 radical (unpaired) electrons. The molecule has 2 fully saturated rings. The van der Waals surface area contributed by atoms with Crippen LogP contribution in [-0.2, 0) is 14.3 Å². The zero-order valence-electron chi connectivity index (χ0n) is 10.5. The highest BCUT2D eigenvalue weighted by Crippen LogP contribution is 2.29. The van der Waals surface area contributed by atoms with Gasteiger partial charge in [-0.3, -0.25) is 9.59 Å². The zero-order chi connectivity index (χ0) is 12.3. The molecule has 1 saturated heterocycles. The first-order chi connectivity index (χ1) is 8.16. The van der Waals surface area contributed by atoms with Crippen LogP contribution in [0.15, 0.2) is 0 Å². The third-order valence-electron chi connectivity index (χ3n) is 3.73. The van der Waals surface area contributed by atoms with E-state index >= 15 is 0 Å². The van der Waals surface area contributed by atoms with Gasteiger partial charge in [-0.15, -0.1) is 0 Å². The summed E-state index contributed by atoms with van der Waals surface area (Å²) < 4.78 is 5.22. The number of likely N-dealkylation sites (tertiary alicyclic amines) is 1. The number of ether oxygens (including phenoxy) is 1. The van der Waals surface area contributed by atoms with E-state index in [1.807, 2.05) is 4.90 Å². The zero-order valence-corrected chi connectivity index (χ0v) is 10.5. The molecule has 4 nitrogen and oxygen atoms in total. The van der Waals surface area contributed by atoms with E-state index < -0.39 is 0 Å². The summed E-state index contributed by atoms with van der Waals surface area (Å²) in [4.78, 5) is 25.1. The number of hydrogen-bond donors (Lipinski definition) is 0. The van der Waals surface area contributed by atoms with Crippen LogP contribution in [0.4, 0.5) is 0 Å². The lowest BCUT2D eigenvalue weighted by Crippen LogP contribution is -2.38. The van der Waals surface area contributed by atoms with E-state index in [2.05, 4.69) is 0 Å². The molecule has 0 N–H and O–H groups in total. The molecule has 96 valence electrons. The molecular formula is C13H21NO3. The van der Waals surface area contributed by atoms with Gasteiger partial charge in [0.25, 0.3) is 0 Å². The largest absolute Gasteiger partial charge is 0.463 e. The Labute approximate surface area is 102 Å². The monoisotopic (exact) mass is 239 g/mol. The molecule has 17 heavy (non-hydrogen) atoms. The first kappa shape index (κ1) is 12.4. The van der Waals surface area contributed by atoms with E-state index in [0.717, 1.165) is 51.6 Å². The second-order valence-electron chi connectivity index (χ2n) is 5.13. The maximum Gasteiger partial charge on any atom is 0.302 e. The van der Waals surface area contributed by atoms with Crippen LogP contribution in [0.5, 0.6) is 0 Å². The number of nitrogens with zero attached hydrogens (tertiary/aromatic N) is 1. The Hall–Kier alpha value is -1.06. The Balaban J connectivity index is 1.87. The van der Waals surface area contributed by atoms with Gasteiger partial charge >= 0.3 is 5.97 Å². The average Bonchev–Trinajstić information content (AvgIpc) is 2.81. The van der Waals surface area contributed by atoms with Gasteiger partial charge in [0, 0.05) is 25.9 Å². The lowest BCUT2D eigenvalue weighted by atomic mass is 9.86. The van der Waals surface area contributed by atoms with Crippen LogP contribution in [0.3, 0.4) is 0 Å². The predicted octanol–water partition coefficient (Wildman–Crippen LogP) is 1.73. The maximum absolute atomic E-state index is 12.2. The van der Waals surface area contributed by atoms with Crippen LogP contribution in [-0.4, -0.2) is 36.0 Å². The summed E-state index contributed by atoms with van der Waals surface area (Å²) in [6.45, 7) is 3.26. The Morgan fingerprint density at radius 3 is 2.47 bits per heavy atom. The number of rotatable bonds is 2. The summed E-state index contributed by atoms with van der Waals surface area (Å²) >= 11 is 0.